The predicted molar refractivity (Wildman–Crippen MR) is 93.3 cm³/mol. The highest BCUT2D eigenvalue weighted by Crippen LogP contribution is 2.49. The van der Waals surface area contributed by atoms with Gasteiger partial charge in [0.05, 0.1) is 17.2 Å². The smallest absolute Gasteiger partial charge is 0.191 e. The molecule has 0 amide bonds. The molecule has 3 atom stereocenters. The summed E-state index contributed by atoms with van der Waals surface area (Å²) < 4.78 is 0. The van der Waals surface area contributed by atoms with E-state index in [1.165, 1.54) is 37.0 Å². The van der Waals surface area contributed by atoms with Gasteiger partial charge in [-0.05, 0) is 57.3 Å². The minimum atomic E-state index is 0.811. The Morgan fingerprint density at radius 1 is 1.27 bits per heavy atom. The predicted octanol–water partition coefficient (Wildman–Crippen LogP) is 3.25. The van der Waals surface area contributed by atoms with Crippen LogP contribution in [-0.4, -0.2) is 24.5 Å². The highest BCUT2D eigenvalue weighted by atomic mass is 32.1. The highest BCUT2D eigenvalue weighted by molar-refractivity contribution is 7.11. The Labute approximate surface area is 137 Å². The Bertz CT molecular complexity index is 537. The standard InChI is InChI=1S/C17H28N4S/c1-11-16(22-12(2)21-11)10-20-17(18-3)19-7-6-15-9-13-4-5-14(15)8-13/h13-15H,4-10H2,1-3H3,(H2,18,19,20). The maximum Gasteiger partial charge on any atom is 0.191 e. The van der Waals surface area contributed by atoms with Gasteiger partial charge in [0.2, 0.25) is 0 Å². The normalized spacial score (nSPS) is 27.4. The van der Waals surface area contributed by atoms with Gasteiger partial charge in [0.15, 0.2) is 5.96 Å². The number of nitrogens with zero attached hydrogens (tertiary/aromatic N) is 2. The lowest BCUT2D eigenvalue weighted by atomic mass is 9.86. The van der Waals surface area contributed by atoms with Crippen molar-refractivity contribution in [3.63, 3.8) is 0 Å². The van der Waals surface area contributed by atoms with E-state index < -0.39 is 0 Å². The number of thiazole rings is 1. The van der Waals surface area contributed by atoms with Crippen LogP contribution < -0.4 is 10.6 Å². The fraction of sp³-hybridized carbons (Fsp3) is 0.765. The SMILES string of the molecule is CN=C(NCCC1CC2CCC1C2)NCc1sc(C)nc1C. The number of nitrogens with one attached hydrogen (secondary N) is 2. The number of hydrogen-bond acceptors (Lipinski definition) is 3. The second-order valence-corrected chi connectivity index (χ2v) is 8.11. The molecular weight excluding hydrogens is 292 g/mol. The molecule has 2 saturated carbocycles. The zero-order chi connectivity index (χ0) is 15.5. The van der Waals surface area contributed by atoms with Gasteiger partial charge in [-0.1, -0.05) is 6.42 Å². The maximum absolute atomic E-state index is 4.47. The molecule has 2 bridgehead atoms. The van der Waals surface area contributed by atoms with Crippen molar-refractivity contribution < 1.29 is 0 Å². The summed E-state index contributed by atoms with van der Waals surface area (Å²) in [5.41, 5.74) is 1.13. The van der Waals surface area contributed by atoms with E-state index in [2.05, 4.69) is 34.5 Å². The Balaban J connectivity index is 1.40. The molecular formula is C17H28N4S. The average Bonchev–Trinajstić information content (AvgIpc) is 3.18. The van der Waals surface area contributed by atoms with Crippen LogP contribution in [0.15, 0.2) is 4.99 Å². The first-order chi connectivity index (χ1) is 10.7. The summed E-state index contributed by atoms with van der Waals surface area (Å²) in [5, 5.41) is 8.02. The third-order valence-electron chi connectivity index (χ3n) is 5.33. The van der Waals surface area contributed by atoms with Crippen LogP contribution in [0.2, 0.25) is 0 Å². The van der Waals surface area contributed by atoms with Gasteiger partial charge >= 0.3 is 0 Å². The van der Waals surface area contributed by atoms with Gasteiger partial charge in [0.25, 0.3) is 0 Å². The van der Waals surface area contributed by atoms with E-state index >= 15 is 0 Å². The van der Waals surface area contributed by atoms with Crippen LogP contribution in [-0.2, 0) is 6.54 Å². The van der Waals surface area contributed by atoms with Crippen molar-refractivity contribution >= 4 is 17.3 Å². The van der Waals surface area contributed by atoms with Crippen LogP contribution in [0.1, 0.15) is 47.7 Å². The minimum absolute atomic E-state index is 0.811. The summed E-state index contributed by atoms with van der Waals surface area (Å²) in [6.45, 7) is 5.98. The van der Waals surface area contributed by atoms with Gasteiger partial charge in [0, 0.05) is 18.5 Å². The fourth-order valence-electron chi connectivity index (χ4n) is 4.23. The molecule has 0 aliphatic heterocycles. The third kappa shape index (κ3) is 3.62. The van der Waals surface area contributed by atoms with Gasteiger partial charge in [0.1, 0.15) is 0 Å². The zero-order valence-electron chi connectivity index (χ0n) is 14.0. The van der Waals surface area contributed by atoms with E-state index in [1.807, 2.05) is 7.05 Å². The fourth-order valence-corrected chi connectivity index (χ4v) is 5.10. The van der Waals surface area contributed by atoms with Crippen molar-refractivity contribution in [1.29, 1.82) is 0 Å². The molecule has 1 heterocycles. The lowest BCUT2D eigenvalue weighted by Crippen LogP contribution is -2.38. The molecule has 2 N–H and O–H groups in total. The van der Waals surface area contributed by atoms with Crippen molar-refractivity contribution in [2.24, 2.45) is 22.7 Å². The van der Waals surface area contributed by atoms with Gasteiger partial charge in [-0.3, -0.25) is 4.99 Å². The average molecular weight is 321 g/mol. The zero-order valence-corrected chi connectivity index (χ0v) is 14.8. The topological polar surface area (TPSA) is 49.3 Å². The second kappa shape index (κ2) is 6.99. The summed E-state index contributed by atoms with van der Waals surface area (Å²) in [4.78, 5) is 10.1. The third-order valence-corrected chi connectivity index (χ3v) is 6.40. The van der Waals surface area contributed by atoms with E-state index in [0.29, 0.717) is 0 Å². The van der Waals surface area contributed by atoms with Crippen LogP contribution >= 0.6 is 11.3 Å². The van der Waals surface area contributed by atoms with Crippen molar-refractivity contribution in [1.82, 2.24) is 15.6 Å². The first kappa shape index (κ1) is 15.8. The van der Waals surface area contributed by atoms with E-state index in [-0.39, 0.29) is 0 Å². The minimum Gasteiger partial charge on any atom is -0.356 e. The van der Waals surface area contributed by atoms with E-state index in [9.17, 15) is 0 Å². The molecule has 3 unspecified atom stereocenters. The molecule has 0 spiro atoms. The molecule has 0 saturated heterocycles. The Morgan fingerprint density at radius 2 is 2.14 bits per heavy atom. The Morgan fingerprint density at radius 3 is 2.73 bits per heavy atom. The van der Waals surface area contributed by atoms with Crippen molar-refractivity contribution in [2.75, 3.05) is 13.6 Å². The molecule has 0 aromatic carbocycles. The lowest BCUT2D eigenvalue weighted by Gasteiger charge is -2.22. The van der Waals surface area contributed by atoms with Crippen molar-refractivity contribution in [3.05, 3.63) is 15.6 Å². The molecule has 1 aromatic rings. The molecule has 3 rings (SSSR count). The number of rotatable bonds is 5. The number of guanidine groups is 1. The monoisotopic (exact) mass is 320 g/mol. The largest absolute Gasteiger partial charge is 0.356 e. The van der Waals surface area contributed by atoms with E-state index in [0.717, 1.165) is 47.5 Å². The van der Waals surface area contributed by atoms with Crippen LogP contribution in [0.5, 0.6) is 0 Å². The summed E-state index contributed by atoms with van der Waals surface area (Å²) in [5.74, 6) is 3.93. The lowest BCUT2D eigenvalue weighted by molar-refractivity contribution is 0.315. The van der Waals surface area contributed by atoms with Crippen LogP contribution in [0.3, 0.4) is 0 Å². The van der Waals surface area contributed by atoms with Crippen molar-refractivity contribution in [2.45, 2.75) is 52.5 Å². The van der Waals surface area contributed by atoms with E-state index in [1.54, 1.807) is 11.3 Å². The number of aliphatic imine (C=N–C) groups is 1. The van der Waals surface area contributed by atoms with Crippen molar-refractivity contribution in [3.8, 4) is 0 Å². The molecule has 2 aliphatic rings. The van der Waals surface area contributed by atoms with E-state index in [4.69, 9.17) is 0 Å². The molecule has 4 nitrogen and oxygen atoms in total. The van der Waals surface area contributed by atoms with Crippen LogP contribution in [0, 0.1) is 31.6 Å². The van der Waals surface area contributed by atoms with Gasteiger partial charge in [-0.15, -0.1) is 11.3 Å². The molecule has 2 fully saturated rings. The molecule has 22 heavy (non-hydrogen) atoms. The first-order valence-electron chi connectivity index (χ1n) is 8.53. The van der Waals surface area contributed by atoms with Gasteiger partial charge < -0.3 is 10.6 Å². The highest BCUT2D eigenvalue weighted by Gasteiger charge is 2.38. The number of hydrogen-bond donors (Lipinski definition) is 2. The molecule has 5 heteroatoms. The summed E-state index contributed by atoms with van der Waals surface area (Å²) in [6.07, 6.45) is 7.23. The number of fused-ring (bicyclic) bond motifs is 2. The molecule has 1 aromatic heterocycles. The first-order valence-corrected chi connectivity index (χ1v) is 9.34. The number of aromatic nitrogens is 1. The summed E-state index contributed by atoms with van der Waals surface area (Å²) >= 11 is 1.76. The molecule has 2 aliphatic carbocycles. The second-order valence-electron chi connectivity index (χ2n) is 6.82. The summed E-state index contributed by atoms with van der Waals surface area (Å²) in [6, 6.07) is 0. The molecule has 122 valence electrons. The number of aryl methyl sites for hydroxylation is 2. The van der Waals surface area contributed by atoms with Crippen LogP contribution in [0.25, 0.3) is 0 Å². The summed E-state index contributed by atoms with van der Waals surface area (Å²) in [7, 11) is 1.84. The maximum atomic E-state index is 4.47. The molecule has 0 radical (unpaired) electrons. The Kier molecular flexibility index (Phi) is 5.01. The van der Waals surface area contributed by atoms with Gasteiger partial charge in [-0.25, -0.2) is 4.98 Å². The Hall–Kier alpha value is -1.10. The van der Waals surface area contributed by atoms with Gasteiger partial charge in [-0.2, -0.15) is 0 Å². The van der Waals surface area contributed by atoms with Crippen LogP contribution in [0.4, 0.5) is 0 Å². The quantitative estimate of drug-likeness (QED) is 0.647.